The monoisotopic (exact) mass is 396 g/mol. The van der Waals surface area contributed by atoms with E-state index >= 15 is 0 Å². The van der Waals surface area contributed by atoms with Crippen LogP contribution < -0.4 is 9.47 Å². The fraction of sp³-hybridized carbons (Fsp3) is 0.0952. The largest absolute Gasteiger partial charge is 0.482 e. The van der Waals surface area contributed by atoms with Crippen LogP contribution in [0, 0.1) is 6.92 Å². The summed E-state index contributed by atoms with van der Waals surface area (Å²) in [5.74, 6) is 0.682. The van der Waals surface area contributed by atoms with Crippen molar-refractivity contribution in [2.24, 2.45) is 0 Å². The number of hydrogen-bond donors (Lipinski definition) is 0. The molecule has 0 saturated carbocycles. The van der Waals surface area contributed by atoms with Crippen molar-refractivity contribution < 1.29 is 14.3 Å². The third-order valence-corrected chi connectivity index (χ3v) is 4.17. The SMILES string of the molecule is Cc1ccc(-c2ccc(OC(=O)COc3ccc(Br)cc3)cc2)cc1. The second kappa shape index (κ2) is 7.99. The Hall–Kier alpha value is -2.59. The molecule has 3 aromatic carbocycles. The van der Waals surface area contributed by atoms with Crippen LogP contribution in [-0.2, 0) is 4.79 Å². The molecule has 0 atom stereocenters. The minimum Gasteiger partial charge on any atom is -0.482 e. The van der Waals surface area contributed by atoms with Gasteiger partial charge >= 0.3 is 5.97 Å². The molecule has 25 heavy (non-hydrogen) atoms. The maximum absolute atomic E-state index is 11.9. The van der Waals surface area contributed by atoms with E-state index in [0.717, 1.165) is 15.6 Å². The van der Waals surface area contributed by atoms with E-state index in [4.69, 9.17) is 9.47 Å². The van der Waals surface area contributed by atoms with Gasteiger partial charge in [-0.2, -0.15) is 0 Å². The van der Waals surface area contributed by atoms with Crippen LogP contribution in [0.1, 0.15) is 5.56 Å². The van der Waals surface area contributed by atoms with Crippen LogP contribution in [0.15, 0.2) is 77.3 Å². The van der Waals surface area contributed by atoms with E-state index in [9.17, 15) is 4.79 Å². The standard InChI is InChI=1S/C21H17BrO3/c1-15-2-4-16(5-3-15)17-6-10-20(11-7-17)25-21(23)14-24-19-12-8-18(22)9-13-19/h2-13H,14H2,1H3. The maximum Gasteiger partial charge on any atom is 0.349 e. The molecule has 0 aliphatic rings. The Bertz CT molecular complexity index is 838. The Labute approximate surface area is 155 Å². The average molecular weight is 397 g/mol. The zero-order valence-corrected chi connectivity index (χ0v) is 15.3. The fourth-order valence-corrected chi connectivity index (χ4v) is 2.56. The molecule has 3 rings (SSSR count). The van der Waals surface area contributed by atoms with E-state index in [0.29, 0.717) is 11.5 Å². The molecular weight excluding hydrogens is 380 g/mol. The first-order valence-electron chi connectivity index (χ1n) is 7.86. The van der Waals surface area contributed by atoms with Gasteiger partial charge in [0.15, 0.2) is 6.61 Å². The van der Waals surface area contributed by atoms with Gasteiger partial charge in [0.25, 0.3) is 0 Å². The van der Waals surface area contributed by atoms with Crippen molar-refractivity contribution in [1.82, 2.24) is 0 Å². The van der Waals surface area contributed by atoms with Crippen LogP contribution in [0.3, 0.4) is 0 Å². The highest BCUT2D eigenvalue weighted by atomic mass is 79.9. The molecule has 4 heteroatoms. The minimum absolute atomic E-state index is 0.138. The summed E-state index contributed by atoms with van der Waals surface area (Å²) in [4.78, 5) is 11.9. The van der Waals surface area contributed by atoms with Gasteiger partial charge in [-0.15, -0.1) is 0 Å². The van der Waals surface area contributed by atoms with Gasteiger partial charge in [-0.25, -0.2) is 4.79 Å². The Kier molecular flexibility index (Phi) is 5.51. The molecule has 0 radical (unpaired) electrons. The van der Waals surface area contributed by atoms with Gasteiger partial charge in [0.2, 0.25) is 0 Å². The first-order valence-corrected chi connectivity index (χ1v) is 8.65. The van der Waals surface area contributed by atoms with Crippen LogP contribution in [0.5, 0.6) is 11.5 Å². The van der Waals surface area contributed by atoms with E-state index in [1.165, 1.54) is 5.56 Å². The van der Waals surface area contributed by atoms with Crippen molar-refractivity contribution >= 4 is 21.9 Å². The predicted molar refractivity (Wildman–Crippen MR) is 102 cm³/mol. The van der Waals surface area contributed by atoms with Gasteiger partial charge in [-0.1, -0.05) is 57.9 Å². The third-order valence-electron chi connectivity index (χ3n) is 3.64. The van der Waals surface area contributed by atoms with Crippen molar-refractivity contribution in [1.29, 1.82) is 0 Å². The Morgan fingerprint density at radius 3 is 1.92 bits per heavy atom. The van der Waals surface area contributed by atoms with Crippen molar-refractivity contribution in [3.63, 3.8) is 0 Å². The molecule has 0 unspecified atom stereocenters. The number of benzene rings is 3. The Morgan fingerprint density at radius 1 is 0.800 bits per heavy atom. The highest BCUT2D eigenvalue weighted by Crippen LogP contribution is 2.23. The minimum atomic E-state index is -0.439. The normalized spacial score (nSPS) is 10.3. The van der Waals surface area contributed by atoms with E-state index in [2.05, 4.69) is 47.1 Å². The molecule has 0 N–H and O–H groups in total. The highest BCUT2D eigenvalue weighted by Gasteiger charge is 2.07. The zero-order chi connectivity index (χ0) is 17.6. The fourth-order valence-electron chi connectivity index (χ4n) is 2.30. The Balaban J connectivity index is 1.56. The molecule has 0 spiro atoms. The lowest BCUT2D eigenvalue weighted by atomic mass is 10.0. The molecular formula is C21H17BrO3. The van der Waals surface area contributed by atoms with Crippen LogP contribution in [0.4, 0.5) is 0 Å². The molecule has 0 aromatic heterocycles. The van der Waals surface area contributed by atoms with Crippen molar-refractivity contribution in [2.75, 3.05) is 6.61 Å². The quantitative estimate of drug-likeness (QED) is 0.427. The predicted octanol–water partition coefficient (Wildman–Crippen LogP) is 5.41. The molecule has 0 heterocycles. The molecule has 3 aromatic rings. The molecule has 0 aliphatic heterocycles. The third kappa shape index (κ3) is 4.94. The second-order valence-electron chi connectivity index (χ2n) is 5.61. The summed E-state index contributed by atoms with van der Waals surface area (Å²) in [6.45, 7) is 1.92. The summed E-state index contributed by atoms with van der Waals surface area (Å²) in [6, 6.07) is 23.0. The van der Waals surface area contributed by atoms with Gasteiger partial charge in [0.05, 0.1) is 0 Å². The number of hydrogen-bond acceptors (Lipinski definition) is 3. The number of carbonyl (C=O) groups is 1. The van der Waals surface area contributed by atoms with E-state index in [1.54, 1.807) is 24.3 Å². The van der Waals surface area contributed by atoms with Crippen molar-refractivity contribution in [3.8, 4) is 22.6 Å². The van der Waals surface area contributed by atoms with E-state index < -0.39 is 5.97 Å². The van der Waals surface area contributed by atoms with Gasteiger partial charge in [0.1, 0.15) is 11.5 Å². The van der Waals surface area contributed by atoms with Gasteiger partial charge in [-0.3, -0.25) is 0 Å². The van der Waals surface area contributed by atoms with Gasteiger partial charge in [-0.05, 0) is 54.4 Å². The first kappa shape index (κ1) is 17.2. The van der Waals surface area contributed by atoms with Crippen LogP contribution in [0.2, 0.25) is 0 Å². The lowest BCUT2D eigenvalue weighted by Gasteiger charge is -2.08. The summed E-state index contributed by atoms with van der Waals surface area (Å²) in [5.41, 5.74) is 3.42. The molecule has 3 nitrogen and oxygen atoms in total. The lowest BCUT2D eigenvalue weighted by molar-refractivity contribution is -0.136. The second-order valence-corrected chi connectivity index (χ2v) is 6.52. The van der Waals surface area contributed by atoms with Crippen LogP contribution >= 0.6 is 15.9 Å². The number of esters is 1. The summed E-state index contributed by atoms with van der Waals surface area (Å²) in [6.07, 6.45) is 0. The summed E-state index contributed by atoms with van der Waals surface area (Å²) in [5, 5.41) is 0. The number of rotatable bonds is 5. The summed E-state index contributed by atoms with van der Waals surface area (Å²) in [7, 11) is 0. The van der Waals surface area contributed by atoms with Crippen LogP contribution in [0.25, 0.3) is 11.1 Å². The molecule has 0 aliphatic carbocycles. The number of aryl methyl sites for hydroxylation is 1. The molecule has 0 saturated heterocycles. The average Bonchev–Trinajstić information content (AvgIpc) is 2.63. The lowest BCUT2D eigenvalue weighted by Crippen LogP contribution is -2.17. The van der Waals surface area contributed by atoms with E-state index in [-0.39, 0.29) is 6.61 Å². The van der Waals surface area contributed by atoms with Crippen LogP contribution in [-0.4, -0.2) is 12.6 Å². The van der Waals surface area contributed by atoms with Crippen molar-refractivity contribution in [2.45, 2.75) is 6.92 Å². The summed E-state index contributed by atoms with van der Waals surface area (Å²) >= 11 is 3.35. The zero-order valence-electron chi connectivity index (χ0n) is 13.7. The molecule has 126 valence electrons. The molecule has 0 bridgehead atoms. The number of ether oxygens (including phenoxy) is 2. The first-order chi connectivity index (χ1) is 12.1. The molecule has 0 amide bonds. The summed E-state index contributed by atoms with van der Waals surface area (Å²) < 4.78 is 11.7. The molecule has 0 fully saturated rings. The topological polar surface area (TPSA) is 35.5 Å². The smallest absolute Gasteiger partial charge is 0.349 e. The highest BCUT2D eigenvalue weighted by molar-refractivity contribution is 9.10. The Morgan fingerprint density at radius 2 is 1.32 bits per heavy atom. The maximum atomic E-state index is 11.9. The number of halogens is 1. The van der Waals surface area contributed by atoms with E-state index in [1.807, 2.05) is 24.3 Å². The number of carbonyl (C=O) groups excluding carboxylic acids is 1. The van der Waals surface area contributed by atoms with Gasteiger partial charge in [0, 0.05) is 4.47 Å². The van der Waals surface area contributed by atoms with Crippen molar-refractivity contribution in [3.05, 3.63) is 82.8 Å². The van der Waals surface area contributed by atoms with Gasteiger partial charge < -0.3 is 9.47 Å².